The van der Waals surface area contributed by atoms with Gasteiger partial charge in [-0.15, -0.1) is 11.3 Å². The zero-order chi connectivity index (χ0) is 6.97. The molecule has 1 aliphatic rings. The van der Waals surface area contributed by atoms with E-state index in [-0.39, 0.29) is 0 Å². The fourth-order valence-electron chi connectivity index (χ4n) is 0.772. The van der Waals surface area contributed by atoms with Gasteiger partial charge >= 0.3 is 0 Å². The first kappa shape index (κ1) is 6.24. The van der Waals surface area contributed by atoms with Crippen LogP contribution in [0.2, 0.25) is 0 Å². The molecular weight excluding hydrogens is 164 g/mol. The standard InChI is InChI=1S/C6H6N2S2/c1-4-7-5-2-3-9-6(5)10-8-4/h2-3H,1H3,(H,7,8). The fourth-order valence-corrected chi connectivity index (χ4v) is 2.32. The lowest BCUT2D eigenvalue weighted by Gasteiger charge is -2.08. The average molecular weight is 170 g/mol. The van der Waals surface area contributed by atoms with Crippen LogP contribution < -0.4 is 4.72 Å². The summed E-state index contributed by atoms with van der Waals surface area (Å²) in [4.78, 5) is 4.30. The van der Waals surface area contributed by atoms with Gasteiger partial charge in [-0.2, -0.15) is 0 Å². The molecule has 2 rings (SSSR count). The zero-order valence-corrected chi connectivity index (χ0v) is 7.05. The average Bonchev–Trinajstić information content (AvgIpc) is 2.33. The van der Waals surface area contributed by atoms with Gasteiger partial charge in [-0.1, -0.05) is 0 Å². The number of hydrogen-bond acceptors (Lipinski definition) is 4. The molecule has 0 spiro atoms. The van der Waals surface area contributed by atoms with Crippen LogP contribution >= 0.6 is 23.3 Å². The van der Waals surface area contributed by atoms with Crippen molar-refractivity contribution in [1.29, 1.82) is 0 Å². The second kappa shape index (κ2) is 2.29. The van der Waals surface area contributed by atoms with E-state index in [1.807, 2.05) is 13.0 Å². The van der Waals surface area contributed by atoms with Crippen LogP contribution in [0.5, 0.6) is 0 Å². The molecule has 0 saturated heterocycles. The molecule has 0 unspecified atom stereocenters. The molecule has 0 saturated carbocycles. The van der Waals surface area contributed by atoms with Crippen LogP contribution in [-0.4, -0.2) is 5.84 Å². The van der Waals surface area contributed by atoms with E-state index in [9.17, 15) is 0 Å². The Morgan fingerprint density at radius 2 is 2.50 bits per heavy atom. The first-order valence-electron chi connectivity index (χ1n) is 2.92. The summed E-state index contributed by atoms with van der Waals surface area (Å²) in [5.41, 5.74) is 1.10. The van der Waals surface area contributed by atoms with Gasteiger partial charge < -0.3 is 4.72 Å². The SMILES string of the molecule is CC1=Nc2ccsc2SN1. The molecule has 10 heavy (non-hydrogen) atoms. The van der Waals surface area contributed by atoms with E-state index >= 15 is 0 Å². The Morgan fingerprint density at radius 3 is 3.40 bits per heavy atom. The van der Waals surface area contributed by atoms with Gasteiger partial charge in [0.25, 0.3) is 0 Å². The van der Waals surface area contributed by atoms with E-state index in [4.69, 9.17) is 0 Å². The highest BCUT2D eigenvalue weighted by molar-refractivity contribution is 8.00. The number of thiophene rings is 1. The van der Waals surface area contributed by atoms with Gasteiger partial charge in [-0.05, 0) is 30.3 Å². The summed E-state index contributed by atoms with van der Waals surface area (Å²) in [6.07, 6.45) is 0. The third-order valence-corrected chi connectivity index (χ3v) is 3.22. The molecule has 2 heterocycles. The topological polar surface area (TPSA) is 24.4 Å². The summed E-state index contributed by atoms with van der Waals surface area (Å²) >= 11 is 3.36. The molecule has 0 bridgehead atoms. The fraction of sp³-hybridized carbons (Fsp3) is 0.167. The summed E-state index contributed by atoms with van der Waals surface area (Å²) in [6.45, 7) is 1.97. The zero-order valence-electron chi connectivity index (χ0n) is 5.42. The largest absolute Gasteiger partial charge is 0.313 e. The number of nitrogens with zero attached hydrogens (tertiary/aromatic N) is 1. The molecule has 1 aliphatic heterocycles. The smallest absolute Gasteiger partial charge is 0.109 e. The maximum atomic E-state index is 4.30. The lowest BCUT2D eigenvalue weighted by atomic mass is 10.5. The van der Waals surface area contributed by atoms with E-state index < -0.39 is 0 Å². The monoisotopic (exact) mass is 170 g/mol. The molecule has 0 aliphatic carbocycles. The van der Waals surface area contributed by atoms with Crippen molar-refractivity contribution in [2.45, 2.75) is 11.1 Å². The number of rotatable bonds is 0. The maximum Gasteiger partial charge on any atom is 0.109 e. The molecule has 0 amide bonds. The Bertz CT molecular complexity index is 277. The van der Waals surface area contributed by atoms with E-state index in [1.165, 1.54) is 4.21 Å². The second-order valence-corrected chi connectivity index (χ2v) is 3.99. The van der Waals surface area contributed by atoms with Crippen molar-refractivity contribution in [1.82, 2.24) is 4.72 Å². The van der Waals surface area contributed by atoms with Crippen molar-refractivity contribution in [3.8, 4) is 0 Å². The Kier molecular flexibility index (Phi) is 1.43. The summed E-state index contributed by atoms with van der Waals surface area (Å²) in [7, 11) is 0. The summed E-state index contributed by atoms with van der Waals surface area (Å²) in [5.74, 6) is 0.982. The van der Waals surface area contributed by atoms with E-state index in [0.717, 1.165) is 11.5 Å². The third-order valence-electron chi connectivity index (χ3n) is 1.19. The summed E-state index contributed by atoms with van der Waals surface area (Å²) < 4.78 is 4.36. The predicted molar refractivity (Wildman–Crippen MR) is 46.1 cm³/mol. The first-order chi connectivity index (χ1) is 4.86. The van der Waals surface area contributed by atoms with Crippen LogP contribution in [0.1, 0.15) is 6.92 Å². The van der Waals surface area contributed by atoms with Gasteiger partial charge in [-0.25, -0.2) is 4.99 Å². The van der Waals surface area contributed by atoms with Crippen LogP contribution in [0.3, 0.4) is 0 Å². The van der Waals surface area contributed by atoms with Crippen molar-refractivity contribution in [2.24, 2.45) is 4.99 Å². The van der Waals surface area contributed by atoms with Crippen molar-refractivity contribution in [2.75, 3.05) is 0 Å². The van der Waals surface area contributed by atoms with Crippen molar-refractivity contribution < 1.29 is 0 Å². The maximum absolute atomic E-state index is 4.30. The molecule has 1 N–H and O–H groups in total. The number of nitrogens with one attached hydrogen (secondary N) is 1. The number of fused-ring (bicyclic) bond motifs is 1. The van der Waals surface area contributed by atoms with Gasteiger partial charge in [-0.3, -0.25) is 0 Å². The van der Waals surface area contributed by atoms with E-state index in [2.05, 4.69) is 15.1 Å². The van der Waals surface area contributed by atoms with Crippen LogP contribution in [0.25, 0.3) is 0 Å². The molecule has 0 fully saturated rings. The quantitative estimate of drug-likeness (QED) is 0.605. The Morgan fingerprint density at radius 1 is 1.60 bits per heavy atom. The number of aliphatic imine (C=N–C) groups is 1. The second-order valence-electron chi connectivity index (χ2n) is 1.99. The highest BCUT2D eigenvalue weighted by Gasteiger charge is 2.09. The number of hydrogen-bond donors (Lipinski definition) is 1. The number of amidine groups is 1. The first-order valence-corrected chi connectivity index (χ1v) is 4.61. The lowest BCUT2D eigenvalue weighted by molar-refractivity contribution is 1.33. The van der Waals surface area contributed by atoms with Crippen molar-refractivity contribution in [3.63, 3.8) is 0 Å². The molecule has 4 heteroatoms. The van der Waals surface area contributed by atoms with Gasteiger partial charge in [0, 0.05) is 0 Å². The van der Waals surface area contributed by atoms with Gasteiger partial charge in [0.15, 0.2) is 0 Å². The third kappa shape index (κ3) is 0.932. The Hall–Kier alpha value is -0.480. The minimum Gasteiger partial charge on any atom is -0.313 e. The summed E-state index contributed by atoms with van der Waals surface area (Å²) in [6, 6.07) is 2.04. The van der Waals surface area contributed by atoms with Crippen LogP contribution in [0, 0.1) is 0 Å². The highest BCUT2D eigenvalue weighted by Crippen LogP contribution is 2.35. The lowest BCUT2D eigenvalue weighted by Crippen LogP contribution is -2.12. The van der Waals surface area contributed by atoms with Crippen LogP contribution in [0.4, 0.5) is 5.69 Å². The molecule has 0 radical (unpaired) electrons. The minimum atomic E-state index is 0.982. The Balaban J connectivity index is 2.50. The normalized spacial score (nSPS) is 15.5. The van der Waals surface area contributed by atoms with Gasteiger partial charge in [0.2, 0.25) is 0 Å². The molecule has 1 aromatic heterocycles. The van der Waals surface area contributed by atoms with Crippen molar-refractivity contribution in [3.05, 3.63) is 11.4 Å². The molecule has 2 nitrogen and oxygen atoms in total. The molecule has 0 atom stereocenters. The Labute approximate surface area is 67.5 Å². The van der Waals surface area contributed by atoms with Crippen molar-refractivity contribution >= 4 is 34.8 Å². The predicted octanol–water partition coefficient (Wildman–Crippen LogP) is 2.41. The minimum absolute atomic E-state index is 0.982. The van der Waals surface area contributed by atoms with Crippen LogP contribution in [0.15, 0.2) is 20.6 Å². The molecule has 1 aromatic rings. The van der Waals surface area contributed by atoms with Crippen LogP contribution in [-0.2, 0) is 0 Å². The van der Waals surface area contributed by atoms with E-state index in [0.29, 0.717) is 0 Å². The summed E-state index contributed by atoms with van der Waals surface area (Å²) in [5, 5.41) is 2.06. The van der Waals surface area contributed by atoms with E-state index in [1.54, 1.807) is 23.3 Å². The molecule has 0 aromatic carbocycles. The van der Waals surface area contributed by atoms with Gasteiger partial charge in [0.05, 0.1) is 5.69 Å². The van der Waals surface area contributed by atoms with Gasteiger partial charge in [0.1, 0.15) is 10.0 Å². The molecule has 52 valence electrons. The highest BCUT2D eigenvalue weighted by atomic mass is 32.2. The molecular formula is C6H6N2S2.